The number of carboxylic acid groups (broad SMARTS) is 1. The Hall–Kier alpha value is -3.44. The fourth-order valence-electron chi connectivity index (χ4n) is 3.78. The van der Waals surface area contributed by atoms with Crippen LogP contribution in [0.3, 0.4) is 0 Å². The van der Waals surface area contributed by atoms with Crippen molar-refractivity contribution in [3.05, 3.63) is 88.6 Å². The van der Waals surface area contributed by atoms with Crippen LogP contribution in [0.25, 0.3) is 27.3 Å². The maximum absolute atomic E-state index is 13.4. The molecule has 1 N–H and O–H groups in total. The van der Waals surface area contributed by atoms with Crippen molar-refractivity contribution in [2.75, 3.05) is 10.8 Å². The van der Waals surface area contributed by atoms with Gasteiger partial charge in [0.2, 0.25) is 0 Å². The minimum Gasteiger partial charge on any atom is -0.480 e. The van der Waals surface area contributed by atoms with Crippen molar-refractivity contribution in [1.29, 1.82) is 0 Å². The van der Waals surface area contributed by atoms with E-state index in [2.05, 4.69) is 9.97 Å². The number of hydrogen-bond donors (Lipinski definition) is 1. The standard InChI is InChI=1S/C24H16Cl2N4O4S2/c25-17-11-18(26)13-20(12-17)36(33,34)30(14-23(31)32)19-1-2-21-15(9-19)4-7-29(21)22-10-16(3-5-27-22)24-28-6-8-35-24/h1-13H,14H2,(H,31,32). The number of fused-ring (bicyclic) bond motifs is 1. The average Bonchev–Trinajstić information content (AvgIpc) is 3.52. The van der Waals surface area contributed by atoms with E-state index >= 15 is 0 Å². The zero-order valence-electron chi connectivity index (χ0n) is 18.2. The molecule has 5 aromatic rings. The van der Waals surface area contributed by atoms with Crippen LogP contribution < -0.4 is 4.31 Å². The van der Waals surface area contributed by atoms with Gasteiger partial charge < -0.3 is 9.67 Å². The molecule has 0 saturated heterocycles. The van der Waals surface area contributed by atoms with Crippen molar-refractivity contribution < 1.29 is 18.3 Å². The Morgan fingerprint density at radius 3 is 2.47 bits per heavy atom. The molecule has 0 saturated carbocycles. The topological polar surface area (TPSA) is 105 Å². The summed E-state index contributed by atoms with van der Waals surface area (Å²) in [5.74, 6) is -0.651. The van der Waals surface area contributed by atoms with E-state index < -0.39 is 22.5 Å². The monoisotopic (exact) mass is 558 g/mol. The van der Waals surface area contributed by atoms with Crippen LogP contribution in [0.15, 0.2) is 83.5 Å². The number of aromatic nitrogens is 3. The highest BCUT2D eigenvalue weighted by atomic mass is 35.5. The number of thiazole rings is 1. The van der Waals surface area contributed by atoms with Gasteiger partial charge in [0, 0.05) is 45.0 Å². The van der Waals surface area contributed by atoms with E-state index in [-0.39, 0.29) is 20.6 Å². The summed E-state index contributed by atoms with van der Waals surface area (Å²) >= 11 is 13.5. The third kappa shape index (κ3) is 4.68. The van der Waals surface area contributed by atoms with Crippen LogP contribution in [-0.2, 0) is 14.8 Å². The lowest BCUT2D eigenvalue weighted by Crippen LogP contribution is -2.35. The van der Waals surface area contributed by atoms with Gasteiger partial charge in [-0.2, -0.15) is 0 Å². The summed E-state index contributed by atoms with van der Waals surface area (Å²) in [6.07, 6.45) is 5.25. The van der Waals surface area contributed by atoms with Crippen LogP contribution in [0.4, 0.5) is 5.69 Å². The van der Waals surface area contributed by atoms with Crippen LogP contribution in [-0.4, -0.2) is 40.6 Å². The van der Waals surface area contributed by atoms with E-state index in [1.807, 2.05) is 28.3 Å². The van der Waals surface area contributed by atoms with E-state index in [4.69, 9.17) is 23.2 Å². The normalized spacial score (nSPS) is 11.6. The average molecular weight is 559 g/mol. The van der Waals surface area contributed by atoms with Crippen molar-refractivity contribution in [3.8, 4) is 16.4 Å². The Morgan fingerprint density at radius 1 is 1.00 bits per heavy atom. The third-order valence-corrected chi connectivity index (χ3v) is 8.35. The first-order valence-electron chi connectivity index (χ1n) is 10.4. The first-order valence-corrected chi connectivity index (χ1v) is 13.5. The van der Waals surface area contributed by atoms with Gasteiger partial charge in [0.1, 0.15) is 17.4 Å². The fourth-order valence-corrected chi connectivity index (χ4v) is 6.55. The summed E-state index contributed by atoms with van der Waals surface area (Å²) in [6, 6.07) is 14.3. The number of anilines is 1. The number of rotatable bonds is 7. The van der Waals surface area contributed by atoms with E-state index in [0.29, 0.717) is 11.2 Å². The molecule has 3 heterocycles. The molecule has 0 unspecified atom stereocenters. The van der Waals surface area contributed by atoms with Gasteiger partial charge >= 0.3 is 5.97 Å². The second-order valence-corrected chi connectivity index (χ2v) is 11.3. The highest BCUT2D eigenvalue weighted by molar-refractivity contribution is 7.92. The smallest absolute Gasteiger partial charge is 0.324 e. The number of aliphatic carboxylic acids is 1. The minimum absolute atomic E-state index is 0.122. The molecule has 36 heavy (non-hydrogen) atoms. The molecule has 8 nitrogen and oxygen atoms in total. The van der Waals surface area contributed by atoms with Crippen molar-refractivity contribution in [2.24, 2.45) is 0 Å². The first-order chi connectivity index (χ1) is 17.2. The molecule has 0 spiro atoms. The van der Waals surface area contributed by atoms with Crippen molar-refractivity contribution in [2.45, 2.75) is 4.90 Å². The lowest BCUT2D eigenvalue weighted by Gasteiger charge is -2.23. The molecule has 0 aliphatic rings. The molecule has 3 aromatic heterocycles. The molecular weight excluding hydrogens is 543 g/mol. The first kappa shape index (κ1) is 24.3. The molecule has 0 radical (unpaired) electrons. The Bertz CT molecular complexity index is 1680. The molecule has 0 bridgehead atoms. The second-order valence-electron chi connectivity index (χ2n) is 7.68. The van der Waals surface area contributed by atoms with Gasteiger partial charge in [-0.25, -0.2) is 18.4 Å². The van der Waals surface area contributed by atoms with Gasteiger partial charge in [-0.3, -0.25) is 9.10 Å². The molecule has 5 rings (SSSR count). The third-order valence-electron chi connectivity index (χ3n) is 5.34. The summed E-state index contributed by atoms with van der Waals surface area (Å²) in [7, 11) is -4.28. The number of carboxylic acids is 1. The molecular formula is C24H16Cl2N4O4S2. The molecule has 0 amide bonds. The Labute approximate surface area is 220 Å². The molecule has 0 atom stereocenters. The summed E-state index contributed by atoms with van der Waals surface area (Å²) < 4.78 is 29.5. The number of hydrogen-bond acceptors (Lipinski definition) is 6. The van der Waals surface area contributed by atoms with Gasteiger partial charge in [-0.1, -0.05) is 23.2 Å². The number of benzene rings is 2. The lowest BCUT2D eigenvalue weighted by atomic mass is 10.2. The maximum Gasteiger partial charge on any atom is 0.324 e. The Morgan fingerprint density at radius 2 is 1.78 bits per heavy atom. The Balaban J connectivity index is 1.57. The zero-order valence-corrected chi connectivity index (χ0v) is 21.4. The zero-order chi connectivity index (χ0) is 25.4. The predicted molar refractivity (Wildman–Crippen MR) is 141 cm³/mol. The fraction of sp³-hybridized carbons (Fsp3) is 0.0417. The van der Waals surface area contributed by atoms with Crippen molar-refractivity contribution in [1.82, 2.24) is 14.5 Å². The van der Waals surface area contributed by atoms with Crippen LogP contribution in [0.2, 0.25) is 10.0 Å². The van der Waals surface area contributed by atoms with Crippen LogP contribution in [0.5, 0.6) is 0 Å². The lowest BCUT2D eigenvalue weighted by molar-refractivity contribution is -0.135. The summed E-state index contributed by atoms with van der Waals surface area (Å²) in [6.45, 7) is -0.782. The number of nitrogens with zero attached hydrogens (tertiary/aromatic N) is 4. The van der Waals surface area contributed by atoms with E-state index in [1.165, 1.54) is 29.5 Å². The van der Waals surface area contributed by atoms with Crippen LogP contribution in [0.1, 0.15) is 0 Å². The molecule has 182 valence electrons. The van der Waals surface area contributed by atoms with Gasteiger partial charge in [0.15, 0.2) is 0 Å². The van der Waals surface area contributed by atoms with Crippen LogP contribution in [0, 0.1) is 0 Å². The maximum atomic E-state index is 13.4. The van der Waals surface area contributed by atoms with Crippen molar-refractivity contribution >= 4 is 67.1 Å². The van der Waals surface area contributed by atoms with Crippen LogP contribution >= 0.6 is 34.5 Å². The second kappa shape index (κ2) is 9.55. The van der Waals surface area contributed by atoms with Gasteiger partial charge in [0.05, 0.1) is 16.1 Å². The van der Waals surface area contributed by atoms with E-state index in [0.717, 1.165) is 20.4 Å². The van der Waals surface area contributed by atoms with Gasteiger partial charge in [-0.15, -0.1) is 11.3 Å². The molecule has 0 aliphatic carbocycles. The molecule has 2 aromatic carbocycles. The van der Waals surface area contributed by atoms with E-state index in [9.17, 15) is 18.3 Å². The highest BCUT2D eigenvalue weighted by Gasteiger charge is 2.28. The summed E-state index contributed by atoms with van der Waals surface area (Å²) in [4.78, 5) is 20.2. The molecule has 0 aliphatic heterocycles. The largest absolute Gasteiger partial charge is 0.480 e. The Kier molecular flexibility index (Phi) is 6.44. The summed E-state index contributed by atoms with van der Waals surface area (Å²) in [5.41, 5.74) is 1.87. The number of sulfonamides is 1. The van der Waals surface area contributed by atoms with Crippen molar-refractivity contribution in [3.63, 3.8) is 0 Å². The quantitative estimate of drug-likeness (QED) is 0.273. The number of carbonyl (C=O) groups is 1. The minimum atomic E-state index is -4.28. The number of halogens is 2. The van der Waals surface area contributed by atoms with E-state index in [1.54, 1.807) is 36.7 Å². The SMILES string of the molecule is O=C(O)CN(c1ccc2c(ccn2-c2cc(-c3nccs3)ccn2)c1)S(=O)(=O)c1cc(Cl)cc(Cl)c1. The van der Waals surface area contributed by atoms with Gasteiger partial charge in [0.25, 0.3) is 10.0 Å². The van der Waals surface area contributed by atoms with Gasteiger partial charge in [-0.05, 0) is 54.6 Å². The molecule has 0 fully saturated rings. The highest BCUT2D eigenvalue weighted by Crippen LogP contribution is 2.31. The summed E-state index contributed by atoms with van der Waals surface area (Å²) in [5, 5.41) is 13.2. The number of pyridine rings is 1. The molecule has 12 heteroatoms. The predicted octanol–water partition coefficient (Wildman–Crippen LogP) is 5.74.